The van der Waals surface area contributed by atoms with E-state index in [-0.39, 0.29) is 0 Å². The molecular weight excluding hydrogens is 174 g/mol. The third-order valence-corrected chi connectivity index (χ3v) is 1.78. The minimum absolute atomic E-state index is 0.489. The largest absolute Gasteiger partial charge is 0.271 e. The Morgan fingerprint density at radius 1 is 1.31 bits per heavy atom. The highest BCUT2D eigenvalue weighted by molar-refractivity contribution is 5.18. The third-order valence-electron chi connectivity index (χ3n) is 1.78. The van der Waals surface area contributed by atoms with E-state index in [0.717, 1.165) is 12.5 Å². The molecule has 0 aliphatic carbocycles. The van der Waals surface area contributed by atoms with Crippen LogP contribution in [0.15, 0.2) is 18.2 Å². The summed E-state index contributed by atoms with van der Waals surface area (Å²) in [5.74, 6) is 4.02. The van der Waals surface area contributed by atoms with Crippen molar-refractivity contribution in [3.8, 4) is 0 Å². The molecule has 2 nitrogen and oxygen atoms in total. The van der Waals surface area contributed by atoms with Crippen LogP contribution in [0.1, 0.15) is 12.0 Å². The van der Waals surface area contributed by atoms with E-state index in [0.29, 0.717) is 18.5 Å². The summed E-state index contributed by atoms with van der Waals surface area (Å²) in [5.41, 5.74) is 3.00. The van der Waals surface area contributed by atoms with Crippen LogP contribution in [0, 0.1) is 11.6 Å². The van der Waals surface area contributed by atoms with Gasteiger partial charge in [-0.1, -0.05) is 6.07 Å². The van der Waals surface area contributed by atoms with Gasteiger partial charge in [0, 0.05) is 12.6 Å². The number of halogens is 2. The molecule has 0 atom stereocenters. The fraction of sp³-hybridized carbons (Fsp3) is 0.333. The van der Waals surface area contributed by atoms with Gasteiger partial charge >= 0.3 is 0 Å². The minimum atomic E-state index is -0.543. The molecule has 0 unspecified atom stereocenters. The van der Waals surface area contributed by atoms with Gasteiger partial charge in [-0.3, -0.25) is 11.3 Å². The first-order chi connectivity index (χ1) is 6.24. The number of rotatable bonds is 4. The van der Waals surface area contributed by atoms with Gasteiger partial charge in [0.15, 0.2) is 0 Å². The van der Waals surface area contributed by atoms with Crippen molar-refractivity contribution in [2.45, 2.75) is 12.8 Å². The summed E-state index contributed by atoms with van der Waals surface area (Å²) < 4.78 is 25.4. The Balaban J connectivity index is 2.56. The van der Waals surface area contributed by atoms with E-state index in [1.807, 2.05) is 0 Å². The van der Waals surface area contributed by atoms with Crippen molar-refractivity contribution in [2.75, 3.05) is 6.54 Å². The lowest BCUT2D eigenvalue weighted by Gasteiger charge is -2.02. The molecule has 0 heterocycles. The van der Waals surface area contributed by atoms with E-state index < -0.39 is 11.6 Å². The Hall–Kier alpha value is -1.00. The number of hydrogen-bond acceptors (Lipinski definition) is 2. The predicted octanol–water partition coefficient (Wildman–Crippen LogP) is 1.36. The number of nitrogens with one attached hydrogen (secondary N) is 1. The zero-order valence-corrected chi connectivity index (χ0v) is 7.19. The van der Waals surface area contributed by atoms with Gasteiger partial charge in [-0.2, -0.15) is 0 Å². The first kappa shape index (κ1) is 10.1. The van der Waals surface area contributed by atoms with E-state index in [4.69, 9.17) is 5.84 Å². The van der Waals surface area contributed by atoms with Crippen molar-refractivity contribution >= 4 is 0 Å². The molecule has 1 aromatic rings. The van der Waals surface area contributed by atoms with Crippen LogP contribution in [0.3, 0.4) is 0 Å². The molecule has 0 saturated heterocycles. The Morgan fingerprint density at radius 3 is 2.69 bits per heavy atom. The molecule has 0 radical (unpaired) electrons. The maximum Gasteiger partial charge on any atom is 0.129 e. The number of nitrogens with two attached hydrogens (primary N) is 1. The van der Waals surface area contributed by atoms with Crippen LogP contribution in [0.2, 0.25) is 0 Å². The zero-order valence-electron chi connectivity index (χ0n) is 7.19. The molecule has 0 spiro atoms. The van der Waals surface area contributed by atoms with Crippen LogP contribution in [0.5, 0.6) is 0 Å². The molecule has 3 N–H and O–H groups in total. The summed E-state index contributed by atoms with van der Waals surface area (Å²) in [7, 11) is 0. The molecular formula is C9H12F2N2. The van der Waals surface area contributed by atoms with Crippen molar-refractivity contribution < 1.29 is 8.78 Å². The van der Waals surface area contributed by atoms with Gasteiger partial charge in [0.1, 0.15) is 11.6 Å². The maximum absolute atomic E-state index is 13.0. The van der Waals surface area contributed by atoms with Crippen LogP contribution < -0.4 is 11.3 Å². The summed E-state index contributed by atoms with van der Waals surface area (Å²) in [4.78, 5) is 0. The molecule has 0 saturated carbocycles. The monoisotopic (exact) mass is 186 g/mol. The SMILES string of the molecule is NNCCCc1ccc(F)cc1F. The fourth-order valence-corrected chi connectivity index (χ4v) is 1.11. The summed E-state index contributed by atoms with van der Waals surface area (Å²) >= 11 is 0. The van der Waals surface area contributed by atoms with Gasteiger partial charge in [-0.05, 0) is 24.5 Å². The quantitative estimate of drug-likeness (QED) is 0.423. The zero-order chi connectivity index (χ0) is 9.68. The summed E-state index contributed by atoms with van der Waals surface area (Å²) in [5, 5.41) is 0. The molecule has 13 heavy (non-hydrogen) atoms. The standard InChI is InChI=1S/C9H12F2N2/c10-8-4-3-7(9(11)6-8)2-1-5-13-12/h3-4,6,13H,1-2,5,12H2. The fourth-order valence-electron chi connectivity index (χ4n) is 1.11. The lowest BCUT2D eigenvalue weighted by atomic mass is 10.1. The topological polar surface area (TPSA) is 38.0 Å². The van der Waals surface area contributed by atoms with Crippen LogP contribution in [0.25, 0.3) is 0 Å². The third kappa shape index (κ3) is 3.08. The summed E-state index contributed by atoms with van der Waals surface area (Å²) in [6, 6.07) is 3.61. The Morgan fingerprint density at radius 2 is 2.08 bits per heavy atom. The highest BCUT2D eigenvalue weighted by Gasteiger charge is 2.02. The van der Waals surface area contributed by atoms with Gasteiger partial charge in [0.05, 0.1) is 0 Å². The molecule has 4 heteroatoms. The average molecular weight is 186 g/mol. The number of hydrazine groups is 1. The number of hydrogen-bond donors (Lipinski definition) is 2. The van der Waals surface area contributed by atoms with Crippen LogP contribution in [-0.2, 0) is 6.42 Å². The normalized spacial score (nSPS) is 10.4. The van der Waals surface area contributed by atoms with Gasteiger partial charge in [-0.15, -0.1) is 0 Å². The predicted molar refractivity (Wildman–Crippen MR) is 46.9 cm³/mol. The van der Waals surface area contributed by atoms with E-state index in [1.165, 1.54) is 12.1 Å². The molecule has 1 rings (SSSR count). The van der Waals surface area contributed by atoms with E-state index in [2.05, 4.69) is 5.43 Å². The van der Waals surface area contributed by atoms with Crippen molar-refractivity contribution in [2.24, 2.45) is 5.84 Å². The van der Waals surface area contributed by atoms with Crippen LogP contribution >= 0.6 is 0 Å². The van der Waals surface area contributed by atoms with Gasteiger partial charge in [-0.25, -0.2) is 8.78 Å². The summed E-state index contributed by atoms with van der Waals surface area (Å²) in [6.07, 6.45) is 1.30. The van der Waals surface area contributed by atoms with E-state index >= 15 is 0 Å². The van der Waals surface area contributed by atoms with Crippen molar-refractivity contribution in [3.63, 3.8) is 0 Å². The molecule has 0 aliphatic rings. The number of benzene rings is 1. The van der Waals surface area contributed by atoms with Crippen LogP contribution in [-0.4, -0.2) is 6.54 Å². The van der Waals surface area contributed by atoms with Crippen molar-refractivity contribution in [1.82, 2.24) is 5.43 Å². The molecule has 0 fully saturated rings. The van der Waals surface area contributed by atoms with Crippen LogP contribution in [0.4, 0.5) is 8.78 Å². The van der Waals surface area contributed by atoms with E-state index in [9.17, 15) is 8.78 Å². The molecule has 0 amide bonds. The smallest absolute Gasteiger partial charge is 0.129 e. The second kappa shape index (κ2) is 4.89. The highest BCUT2D eigenvalue weighted by atomic mass is 19.1. The molecule has 72 valence electrons. The van der Waals surface area contributed by atoms with Crippen molar-refractivity contribution in [1.29, 1.82) is 0 Å². The van der Waals surface area contributed by atoms with Gasteiger partial charge < -0.3 is 0 Å². The Labute approximate surface area is 75.7 Å². The average Bonchev–Trinajstić information content (AvgIpc) is 2.09. The van der Waals surface area contributed by atoms with E-state index in [1.54, 1.807) is 0 Å². The molecule has 0 bridgehead atoms. The highest BCUT2D eigenvalue weighted by Crippen LogP contribution is 2.10. The Kier molecular flexibility index (Phi) is 3.79. The van der Waals surface area contributed by atoms with Gasteiger partial charge in [0.2, 0.25) is 0 Å². The maximum atomic E-state index is 13.0. The molecule has 1 aromatic carbocycles. The lowest BCUT2D eigenvalue weighted by Crippen LogP contribution is -2.23. The second-order valence-electron chi connectivity index (χ2n) is 2.79. The first-order valence-corrected chi connectivity index (χ1v) is 4.11. The number of aryl methyl sites for hydroxylation is 1. The van der Waals surface area contributed by atoms with Gasteiger partial charge in [0.25, 0.3) is 0 Å². The minimum Gasteiger partial charge on any atom is -0.271 e. The van der Waals surface area contributed by atoms with Crippen molar-refractivity contribution in [3.05, 3.63) is 35.4 Å². The second-order valence-corrected chi connectivity index (χ2v) is 2.79. The Bertz CT molecular complexity index is 276. The molecule has 0 aromatic heterocycles. The first-order valence-electron chi connectivity index (χ1n) is 4.11. The summed E-state index contributed by atoms with van der Waals surface area (Å²) in [6.45, 7) is 0.622. The lowest BCUT2D eigenvalue weighted by molar-refractivity contribution is 0.566. The molecule has 0 aliphatic heterocycles.